The zero-order chi connectivity index (χ0) is 14.5. The number of carbonyl (C=O) groups is 1. The maximum absolute atomic E-state index is 13.7. The largest absolute Gasteiger partial charge is 0.469 e. The second-order valence-corrected chi connectivity index (χ2v) is 4.37. The van der Waals surface area contributed by atoms with Crippen LogP contribution in [0, 0.1) is 5.82 Å². The van der Waals surface area contributed by atoms with Crippen LogP contribution in [0.3, 0.4) is 0 Å². The third-order valence-electron chi connectivity index (χ3n) is 3.11. The van der Waals surface area contributed by atoms with Crippen LogP contribution in [0.2, 0.25) is 0 Å². The third-order valence-corrected chi connectivity index (χ3v) is 3.11. The lowest BCUT2D eigenvalue weighted by atomic mass is 9.97. The number of hydrogen-bond acceptors (Lipinski definition) is 3. The van der Waals surface area contributed by atoms with Crippen molar-refractivity contribution in [2.45, 2.75) is 13.0 Å². The smallest absolute Gasteiger partial charge is 0.310 e. The van der Waals surface area contributed by atoms with Gasteiger partial charge in [-0.25, -0.2) is 4.39 Å². The van der Waals surface area contributed by atoms with E-state index in [1.165, 1.54) is 13.2 Å². The standard InChI is InChI=1S/C16H15FO3/c1-20-16(19)9-13-8-11(6-7-15(13)17)14-5-3-2-4-12(14)10-18/h2-8,18H,9-10H2,1H3. The quantitative estimate of drug-likeness (QED) is 0.872. The topological polar surface area (TPSA) is 46.5 Å². The maximum atomic E-state index is 13.7. The Morgan fingerprint density at radius 3 is 2.65 bits per heavy atom. The van der Waals surface area contributed by atoms with Crippen LogP contribution < -0.4 is 0 Å². The second kappa shape index (κ2) is 6.30. The summed E-state index contributed by atoms with van der Waals surface area (Å²) in [5.74, 6) is -0.933. The molecule has 0 aliphatic heterocycles. The van der Waals surface area contributed by atoms with Gasteiger partial charge in [0.05, 0.1) is 20.1 Å². The van der Waals surface area contributed by atoms with Crippen molar-refractivity contribution >= 4 is 5.97 Å². The predicted octanol–water partition coefficient (Wildman–Crippen LogP) is 2.70. The molecule has 0 saturated heterocycles. The molecule has 0 heterocycles. The summed E-state index contributed by atoms with van der Waals surface area (Å²) in [7, 11) is 1.27. The van der Waals surface area contributed by atoms with E-state index in [2.05, 4.69) is 4.74 Å². The van der Waals surface area contributed by atoms with E-state index in [9.17, 15) is 14.3 Å². The Balaban J connectivity index is 2.43. The molecule has 0 fully saturated rings. The minimum absolute atomic E-state index is 0.0973. The molecule has 20 heavy (non-hydrogen) atoms. The number of halogens is 1. The average molecular weight is 274 g/mol. The van der Waals surface area contributed by atoms with Crippen molar-refractivity contribution in [2.75, 3.05) is 7.11 Å². The first-order valence-corrected chi connectivity index (χ1v) is 6.20. The van der Waals surface area contributed by atoms with E-state index in [0.29, 0.717) is 0 Å². The van der Waals surface area contributed by atoms with Crippen molar-refractivity contribution in [2.24, 2.45) is 0 Å². The number of ether oxygens (including phenoxy) is 1. The van der Waals surface area contributed by atoms with Crippen LogP contribution in [0.25, 0.3) is 11.1 Å². The normalized spacial score (nSPS) is 10.3. The first-order chi connectivity index (χ1) is 9.65. The Morgan fingerprint density at radius 2 is 1.95 bits per heavy atom. The Hall–Kier alpha value is -2.20. The Bertz CT molecular complexity index is 623. The van der Waals surface area contributed by atoms with Crippen molar-refractivity contribution in [3.05, 3.63) is 59.4 Å². The number of aliphatic hydroxyl groups excluding tert-OH is 1. The van der Waals surface area contributed by atoms with Gasteiger partial charge in [0, 0.05) is 0 Å². The van der Waals surface area contributed by atoms with E-state index in [-0.39, 0.29) is 18.6 Å². The fourth-order valence-electron chi connectivity index (χ4n) is 2.05. The highest BCUT2D eigenvalue weighted by Gasteiger charge is 2.11. The molecule has 0 aliphatic carbocycles. The van der Waals surface area contributed by atoms with Crippen LogP contribution in [0.4, 0.5) is 4.39 Å². The van der Waals surface area contributed by atoms with Crippen LogP contribution in [0.1, 0.15) is 11.1 Å². The summed E-state index contributed by atoms with van der Waals surface area (Å²) in [6.45, 7) is -0.0973. The summed E-state index contributed by atoms with van der Waals surface area (Å²) < 4.78 is 18.3. The zero-order valence-corrected chi connectivity index (χ0v) is 11.1. The number of methoxy groups -OCH3 is 1. The van der Waals surface area contributed by atoms with Crippen LogP contribution in [0.15, 0.2) is 42.5 Å². The number of aliphatic hydroxyl groups is 1. The Kier molecular flexibility index (Phi) is 4.48. The van der Waals surface area contributed by atoms with Gasteiger partial charge < -0.3 is 9.84 Å². The first-order valence-electron chi connectivity index (χ1n) is 6.20. The average Bonchev–Trinajstić information content (AvgIpc) is 2.49. The van der Waals surface area contributed by atoms with E-state index in [1.54, 1.807) is 18.2 Å². The minimum atomic E-state index is -0.489. The lowest BCUT2D eigenvalue weighted by Gasteiger charge is -2.10. The molecule has 104 valence electrons. The first kappa shape index (κ1) is 14.2. The van der Waals surface area contributed by atoms with Crippen molar-refractivity contribution in [3.8, 4) is 11.1 Å². The number of carbonyl (C=O) groups excluding carboxylic acids is 1. The summed E-state index contributed by atoms with van der Waals surface area (Å²) in [6.07, 6.45) is -0.114. The van der Waals surface area contributed by atoms with Crippen molar-refractivity contribution in [1.82, 2.24) is 0 Å². The predicted molar refractivity (Wildman–Crippen MR) is 73.5 cm³/mol. The summed E-state index contributed by atoms with van der Waals surface area (Å²) >= 11 is 0. The van der Waals surface area contributed by atoms with Gasteiger partial charge in [0.2, 0.25) is 0 Å². The fraction of sp³-hybridized carbons (Fsp3) is 0.188. The van der Waals surface area contributed by atoms with Gasteiger partial charge in [0.25, 0.3) is 0 Å². The fourth-order valence-corrected chi connectivity index (χ4v) is 2.05. The van der Waals surface area contributed by atoms with Gasteiger partial charge >= 0.3 is 5.97 Å². The monoisotopic (exact) mass is 274 g/mol. The lowest BCUT2D eigenvalue weighted by molar-refractivity contribution is -0.139. The Labute approximate surface area is 116 Å². The van der Waals surface area contributed by atoms with Crippen molar-refractivity contribution < 1.29 is 19.0 Å². The molecular formula is C16H15FO3. The molecule has 2 aromatic rings. The molecule has 0 atom stereocenters. The van der Waals surface area contributed by atoms with E-state index in [1.807, 2.05) is 18.2 Å². The van der Waals surface area contributed by atoms with Gasteiger partial charge in [-0.05, 0) is 34.4 Å². The van der Waals surface area contributed by atoms with Gasteiger partial charge in [-0.2, -0.15) is 0 Å². The van der Waals surface area contributed by atoms with Gasteiger partial charge in [0.1, 0.15) is 5.82 Å². The molecule has 0 amide bonds. The molecule has 4 heteroatoms. The summed E-state index contributed by atoms with van der Waals surface area (Å²) in [4.78, 5) is 11.3. The highest BCUT2D eigenvalue weighted by Crippen LogP contribution is 2.26. The molecule has 0 unspecified atom stereocenters. The molecule has 0 radical (unpaired) electrons. The van der Waals surface area contributed by atoms with E-state index >= 15 is 0 Å². The highest BCUT2D eigenvalue weighted by atomic mass is 19.1. The van der Waals surface area contributed by atoms with Crippen LogP contribution in [-0.4, -0.2) is 18.2 Å². The number of rotatable bonds is 4. The molecule has 1 N–H and O–H groups in total. The van der Waals surface area contributed by atoms with Gasteiger partial charge in [-0.3, -0.25) is 4.79 Å². The van der Waals surface area contributed by atoms with Crippen LogP contribution in [-0.2, 0) is 22.6 Å². The maximum Gasteiger partial charge on any atom is 0.310 e. The van der Waals surface area contributed by atoms with Gasteiger partial charge in [-0.15, -0.1) is 0 Å². The minimum Gasteiger partial charge on any atom is -0.469 e. The molecule has 0 aromatic heterocycles. The summed E-state index contributed by atoms with van der Waals surface area (Å²) in [6, 6.07) is 11.9. The van der Waals surface area contributed by atoms with Crippen LogP contribution in [0.5, 0.6) is 0 Å². The molecule has 3 nitrogen and oxygen atoms in total. The number of benzene rings is 2. The lowest BCUT2D eigenvalue weighted by Crippen LogP contribution is -2.06. The van der Waals surface area contributed by atoms with Crippen molar-refractivity contribution in [3.63, 3.8) is 0 Å². The SMILES string of the molecule is COC(=O)Cc1cc(-c2ccccc2CO)ccc1F. The zero-order valence-electron chi connectivity index (χ0n) is 11.1. The summed E-state index contributed by atoms with van der Waals surface area (Å²) in [5.41, 5.74) is 2.61. The molecule has 2 rings (SSSR count). The van der Waals surface area contributed by atoms with E-state index in [4.69, 9.17) is 0 Å². The van der Waals surface area contributed by atoms with E-state index in [0.717, 1.165) is 16.7 Å². The second-order valence-electron chi connectivity index (χ2n) is 4.37. The molecule has 0 bridgehead atoms. The number of hydrogen-bond donors (Lipinski definition) is 1. The number of esters is 1. The molecule has 0 aliphatic rings. The van der Waals surface area contributed by atoms with Gasteiger partial charge in [-0.1, -0.05) is 30.3 Å². The molecule has 0 saturated carbocycles. The summed E-state index contributed by atoms with van der Waals surface area (Å²) in [5, 5.41) is 9.34. The van der Waals surface area contributed by atoms with E-state index < -0.39 is 11.8 Å². The molecule has 0 spiro atoms. The molecule has 2 aromatic carbocycles. The van der Waals surface area contributed by atoms with Gasteiger partial charge in [0.15, 0.2) is 0 Å². The Morgan fingerprint density at radius 1 is 1.20 bits per heavy atom. The van der Waals surface area contributed by atoms with Crippen molar-refractivity contribution in [1.29, 1.82) is 0 Å². The third kappa shape index (κ3) is 3.03. The molecular weight excluding hydrogens is 259 g/mol. The highest BCUT2D eigenvalue weighted by molar-refractivity contribution is 5.74. The van der Waals surface area contributed by atoms with Crippen LogP contribution >= 0.6 is 0 Å².